The zero-order chi connectivity index (χ0) is 21.4. The molecule has 1 aromatic carbocycles. The van der Waals surface area contributed by atoms with Crippen LogP contribution in [0.15, 0.2) is 49.1 Å². The monoisotopic (exact) mass is 415 g/mol. The van der Waals surface area contributed by atoms with Crippen LogP contribution in [-0.4, -0.2) is 70.8 Å². The minimum Gasteiger partial charge on any atom is -0.393 e. The highest BCUT2D eigenvalue weighted by atomic mass is 16.7. The quantitative estimate of drug-likeness (QED) is 0.328. The number of aliphatic hydroxyl groups is 4. The molecule has 0 amide bonds. The van der Waals surface area contributed by atoms with Crippen LogP contribution in [0, 0.1) is 0 Å². The molecule has 1 aliphatic heterocycles. The molecular weight excluding hydrogens is 394 g/mol. The highest BCUT2D eigenvalue weighted by molar-refractivity contribution is 5.81. The van der Waals surface area contributed by atoms with Crippen LogP contribution in [0.1, 0.15) is 11.8 Å². The summed E-state index contributed by atoms with van der Waals surface area (Å²) in [6, 6.07) is 9.36. The number of hydrogen-bond acceptors (Lipinski definition) is 10. The van der Waals surface area contributed by atoms with Crippen molar-refractivity contribution in [1.82, 2.24) is 19.5 Å². The molecule has 3 heterocycles. The summed E-state index contributed by atoms with van der Waals surface area (Å²) in [5.41, 5.74) is 7.10. The van der Waals surface area contributed by atoms with Gasteiger partial charge >= 0.3 is 0 Å². The lowest BCUT2D eigenvalue weighted by Gasteiger charge is -2.35. The largest absolute Gasteiger partial charge is 0.393 e. The zero-order valence-electron chi connectivity index (χ0n) is 15.7. The number of fused-ring (bicyclic) bond motifs is 1. The van der Waals surface area contributed by atoms with Gasteiger partial charge in [-0.15, -0.1) is 0 Å². The molecule has 2 aromatic heterocycles. The van der Waals surface area contributed by atoms with Crippen molar-refractivity contribution in [2.75, 3.05) is 18.9 Å². The van der Waals surface area contributed by atoms with Crippen molar-refractivity contribution in [3.8, 4) is 0 Å². The van der Waals surface area contributed by atoms with Crippen molar-refractivity contribution in [2.24, 2.45) is 0 Å². The maximum atomic E-state index is 11.2. The molecule has 30 heavy (non-hydrogen) atoms. The summed E-state index contributed by atoms with van der Waals surface area (Å²) in [6.07, 6.45) is 2.75. The second kappa shape index (κ2) is 7.72. The van der Waals surface area contributed by atoms with Crippen LogP contribution in [0.3, 0.4) is 0 Å². The first-order valence-electron chi connectivity index (χ1n) is 9.10. The number of benzene rings is 1. The molecule has 4 rings (SSSR count). The molecule has 0 aliphatic carbocycles. The van der Waals surface area contributed by atoms with E-state index in [4.69, 9.17) is 15.2 Å². The Balaban J connectivity index is 1.66. The maximum Gasteiger partial charge on any atom is 0.271 e. The van der Waals surface area contributed by atoms with E-state index in [1.165, 1.54) is 17.2 Å². The molecule has 11 nitrogen and oxygen atoms in total. The van der Waals surface area contributed by atoms with E-state index in [1.807, 2.05) is 30.3 Å². The van der Waals surface area contributed by atoms with Gasteiger partial charge in [-0.25, -0.2) is 15.0 Å². The molecule has 1 fully saturated rings. The Labute approximate surface area is 170 Å². The van der Waals surface area contributed by atoms with Gasteiger partial charge in [0.1, 0.15) is 17.9 Å². The fourth-order valence-electron chi connectivity index (χ4n) is 3.32. The number of nitrogens with two attached hydrogens (primary N) is 1. The van der Waals surface area contributed by atoms with Crippen LogP contribution in [0.5, 0.6) is 0 Å². The number of aliphatic hydroxyl groups excluding tert-OH is 1. The molecule has 0 radical (unpaired) electrons. The second-order valence-electron chi connectivity index (χ2n) is 6.79. The van der Waals surface area contributed by atoms with Gasteiger partial charge < -0.3 is 35.6 Å². The minimum absolute atomic E-state index is 0.102. The number of imidazole rings is 1. The lowest BCUT2D eigenvalue weighted by atomic mass is 10.0. The molecule has 0 bridgehead atoms. The SMILES string of the molecule is Nc1ncnc2c1ncn2[C@@H]1O[C@H](CO)C(O)(O)[C@]1(O)OCC=Cc1ccccc1. The Morgan fingerprint density at radius 1 is 1.17 bits per heavy atom. The summed E-state index contributed by atoms with van der Waals surface area (Å²) in [5.74, 6) is -5.48. The third-order valence-corrected chi connectivity index (χ3v) is 4.92. The van der Waals surface area contributed by atoms with Gasteiger partial charge in [0.25, 0.3) is 11.6 Å². The topological polar surface area (TPSA) is 169 Å². The number of aromatic nitrogens is 4. The standard InChI is InChI=1S/C19H21N5O6/c20-15-14-16(22-10-21-15)24(11-23-14)17-19(28,18(26,27)13(9-25)30-17)29-8-4-7-12-5-2-1-3-6-12/h1-7,10-11,13,17,25-28H,8-9H2,(H2,20,21,22)/t13-,17-,19-/m1/s1. The van der Waals surface area contributed by atoms with E-state index in [0.29, 0.717) is 0 Å². The van der Waals surface area contributed by atoms with E-state index >= 15 is 0 Å². The molecule has 0 saturated carbocycles. The average molecular weight is 415 g/mol. The van der Waals surface area contributed by atoms with Gasteiger partial charge in [0.2, 0.25) is 0 Å². The summed E-state index contributed by atoms with van der Waals surface area (Å²) in [6.45, 7) is -0.963. The molecule has 0 spiro atoms. The van der Waals surface area contributed by atoms with Crippen molar-refractivity contribution >= 4 is 23.1 Å². The number of hydrogen-bond donors (Lipinski definition) is 5. The van der Waals surface area contributed by atoms with Crippen LogP contribution in [0.25, 0.3) is 17.2 Å². The molecule has 3 aromatic rings. The van der Waals surface area contributed by atoms with Crippen LogP contribution in [0.2, 0.25) is 0 Å². The summed E-state index contributed by atoms with van der Waals surface area (Å²) < 4.78 is 12.2. The Kier molecular flexibility index (Phi) is 5.24. The number of anilines is 1. The number of rotatable bonds is 6. The van der Waals surface area contributed by atoms with Gasteiger partial charge in [0.05, 0.1) is 19.5 Å². The number of nitrogen functional groups attached to an aromatic ring is 1. The molecule has 0 unspecified atom stereocenters. The third kappa shape index (κ3) is 3.23. The maximum absolute atomic E-state index is 11.2. The third-order valence-electron chi connectivity index (χ3n) is 4.92. The van der Waals surface area contributed by atoms with Gasteiger partial charge in [-0.1, -0.05) is 42.5 Å². The summed E-state index contributed by atoms with van der Waals surface area (Å²) in [5, 5.41) is 41.8. The fraction of sp³-hybridized carbons (Fsp3) is 0.316. The van der Waals surface area contributed by atoms with E-state index in [-0.39, 0.29) is 23.6 Å². The Morgan fingerprint density at radius 3 is 2.67 bits per heavy atom. The summed E-state index contributed by atoms with van der Waals surface area (Å²) in [4.78, 5) is 12.0. The summed E-state index contributed by atoms with van der Waals surface area (Å²) in [7, 11) is 0. The first-order chi connectivity index (χ1) is 14.4. The Morgan fingerprint density at radius 2 is 1.93 bits per heavy atom. The van der Waals surface area contributed by atoms with E-state index < -0.39 is 30.5 Å². The highest BCUT2D eigenvalue weighted by Gasteiger charge is 2.68. The normalized spacial score (nSPS) is 26.0. The average Bonchev–Trinajstić information content (AvgIpc) is 3.24. The smallest absolute Gasteiger partial charge is 0.271 e. The molecule has 158 valence electrons. The Hall–Kier alpha value is -2.93. The lowest BCUT2D eigenvalue weighted by molar-refractivity contribution is -0.368. The molecule has 11 heteroatoms. The number of ether oxygens (including phenoxy) is 2. The van der Waals surface area contributed by atoms with E-state index in [9.17, 15) is 20.4 Å². The van der Waals surface area contributed by atoms with Crippen molar-refractivity contribution in [3.05, 3.63) is 54.6 Å². The van der Waals surface area contributed by atoms with Crippen molar-refractivity contribution in [1.29, 1.82) is 0 Å². The van der Waals surface area contributed by atoms with Gasteiger partial charge in [0, 0.05) is 0 Å². The summed E-state index contributed by atoms with van der Waals surface area (Å²) >= 11 is 0. The van der Waals surface area contributed by atoms with Gasteiger partial charge in [0.15, 0.2) is 17.7 Å². The lowest BCUT2D eigenvalue weighted by Crippen LogP contribution is -2.60. The molecule has 1 aliphatic rings. The molecule has 1 saturated heterocycles. The molecule has 3 atom stereocenters. The minimum atomic E-state index is -2.93. The van der Waals surface area contributed by atoms with Crippen LogP contribution in [0.4, 0.5) is 5.82 Å². The van der Waals surface area contributed by atoms with Crippen molar-refractivity contribution in [3.63, 3.8) is 0 Å². The first-order valence-corrected chi connectivity index (χ1v) is 9.10. The van der Waals surface area contributed by atoms with Crippen LogP contribution >= 0.6 is 0 Å². The number of nitrogens with zero attached hydrogens (tertiary/aromatic N) is 4. The van der Waals surface area contributed by atoms with Crippen LogP contribution < -0.4 is 5.73 Å². The predicted molar refractivity (Wildman–Crippen MR) is 104 cm³/mol. The van der Waals surface area contributed by atoms with Gasteiger partial charge in [-0.05, 0) is 5.56 Å². The fourth-order valence-corrected chi connectivity index (χ4v) is 3.32. The molecule has 6 N–H and O–H groups in total. The van der Waals surface area contributed by atoms with Gasteiger partial charge in [-0.2, -0.15) is 0 Å². The highest BCUT2D eigenvalue weighted by Crippen LogP contribution is 2.45. The van der Waals surface area contributed by atoms with Crippen molar-refractivity contribution in [2.45, 2.75) is 23.9 Å². The zero-order valence-corrected chi connectivity index (χ0v) is 15.7. The predicted octanol–water partition coefficient (Wildman–Crippen LogP) is -0.602. The van der Waals surface area contributed by atoms with E-state index in [0.717, 1.165) is 5.56 Å². The van der Waals surface area contributed by atoms with E-state index in [2.05, 4.69) is 15.0 Å². The first kappa shape index (κ1) is 20.3. The van der Waals surface area contributed by atoms with Crippen molar-refractivity contribution < 1.29 is 29.9 Å². The molecular formula is C19H21N5O6. The van der Waals surface area contributed by atoms with Gasteiger partial charge in [-0.3, -0.25) is 4.57 Å². The van der Waals surface area contributed by atoms with Crippen LogP contribution in [-0.2, 0) is 9.47 Å². The van der Waals surface area contributed by atoms with E-state index in [1.54, 1.807) is 12.2 Å². The second-order valence-corrected chi connectivity index (χ2v) is 6.79. The Bertz CT molecular complexity index is 1060.